The Kier molecular flexibility index (Phi) is 7.86. The van der Waals surface area contributed by atoms with E-state index in [-0.39, 0.29) is 29.8 Å². The molecule has 168 valence electrons. The van der Waals surface area contributed by atoms with Gasteiger partial charge in [-0.25, -0.2) is 0 Å². The predicted molar refractivity (Wildman–Crippen MR) is 129 cm³/mol. The van der Waals surface area contributed by atoms with Gasteiger partial charge in [0.1, 0.15) is 0 Å². The average Bonchev–Trinajstić information content (AvgIpc) is 2.84. The Labute approximate surface area is 193 Å². The summed E-state index contributed by atoms with van der Waals surface area (Å²) in [6.45, 7) is 3.97. The number of nitro benzene ring substituents is 1. The molecule has 1 amide bonds. The highest BCUT2D eigenvalue weighted by atomic mass is 16.6. The maximum atomic E-state index is 12.9. The Morgan fingerprint density at radius 3 is 2.30 bits per heavy atom. The van der Waals surface area contributed by atoms with E-state index in [2.05, 4.69) is 5.32 Å². The first kappa shape index (κ1) is 23.6. The van der Waals surface area contributed by atoms with Crippen LogP contribution in [0.3, 0.4) is 0 Å². The lowest BCUT2D eigenvalue weighted by Gasteiger charge is -2.18. The molecule has 0 saturated heterocycles. The molecule has 0 aromatic heterocycles. The number of nitro groups is 1. The molecule has 1 N–H and O–H groups in total. The number of aryl methyl sites for hydroxylation is 1. The van der Waals surface area contributed by atoms with Crippen molar-refractivity contribution in [2.24, 2.45) is 0 Å². The van der Waals surface area contributed by atoms with Crippen molar-refractivity contribution in [3.63, 3.8) is 0 Å². The summed E-state index contributed by atoms with van der Waals surface area (Å²) in [6, 6.07) is 20.8. The van der Waals surface area contributed by atoms with Crippen LogP contribution in [0.5, 0.6) is 0 Å². The number of hydrogen-bond acceptors (Lipinski definition) is 4. The summed E-state index contributed by atoms with van der Waals surface area (Å²) in [6.07, 6.45) is 4.50. The van der Waals surface area contributed by atoms with Gasteiger partial charge in [0.2, 0.25) is 0 Å². The van der Waals surface area contributed by atoms with E-state index in [1.807, 2.05) is 62.4 Å². The summed E-state index contributed by atoms with van der Waals surface area (Å²) in [5, 5.41) is 13.8. The molecule has 0 bridgehead atoms. The van der Waals surface area contributed by atoms with Gasteiger partial charge in [-0.15, -0.1) is 0 Å². The van der Waals surface area contributed by atoms with Crippen molar-refractivity contribution >= 4 is 23.5 Å². The number of allylic oxidation sites excluding steroid dienone is 1. The molecular formula is C27H26N2O4. The number of Topliss-reactive ketones (excluding diaryl/α,β-unsaturated/α-hetero) is 1. The summed E-state index contributed by atoms with van der Waals surface area (Å²) >= 11 is 0. The summed E-state index contributed by atoms with van der Waals surface area (Å²) in [7, 11) is 0. The Bertz CT molecular complexity index is 1170. The van der Waals surface area contributed by atoms with Crippen molar-refractivity contribution in [2.45, 2.75) is 32.7 Å². The smallest absolute Gasteiger partial charge is 0.269 e. The van der Waals surface area contributed by atoms with Gasteiger partial charge in [0.25, 0.3) is 11.6 Å². The molecule has 0 aliphatic heterocycles. The quantitative estimate of drug-likeness (QED) is 0.247. The lowest BCUT2D eigenvalue weighted by Crippen LogP contribution is -2.28. The maximum absolute atomic E-state index is 12.9. The minimum atomic E-state index is -0.497. The van der Waals surface area contributed by atoms with E-state index in [9.17, 15) is 19.7 Å². The molecule has 3 rings (SSSR count). The number of non-ortho nitro benzene ring substituents is 1. The molecule has 3 aromatic carbocycles. The lowest BCUT2D eigenvalue weighted by molar-refractivity contribution is -0.384. The number of carbonyl (C=O) groups excluding carboxylic acids is 2. The third-order valence-electron chi connectivity index (χ3n) is 5.46. The Balaban J connectivity index is 1.68. The van der Waals surface area contributed by atoms with E-state index in [1.165, 1.54) is 24.3 Å². The van der Waals surface area contributed by atoms with Crippen LogP contribution in [0.2, 0.25) is 0 Å². The van der Waals surface area contributed by atoms with E-state index >= 15 is 0 Å². The molecule has 1 unspecified atom stereocenters. The number of hydrogen-bond donors (Lipinski definition) is 1. The molecule has 6 heteroatoms. The number of nitrogens with one attached hydrogen (secondary N) is 1. The van der Waals surface area contributed by atoms with Crippen LogP contribution in [0.4, 0.5) is 5.69 Å². The fourth-order valence-corrected chi connectivity index (χ4v) is 3.49. The summed E-state index contributed by atoms with van der Waals surface area (Å²) < 4.78 is 0. The van der Waals surface area contributed by atoms with Crippen molar-refractivity contribution in [1.29, 1.82) is 0 Å². The monoisotopic (exact) mass is 442 g/mol. The summed E-state index contributed by atoms with van der Waals surface area (Å²) in [4.78, 5) is 35.5. The van der Waals surface area contributed by atoms with Gasteiger partial charge in [0.05, 0.1) is 11.0 Å². The first-order valence-corrected chi connectivity index (χ1v) is 10.8. The van der Waals surface area contributed by atoms with Gasteiger partial charge in [0.15, 0.2) is 5.78 Å². The highest BCUT2D eigenvalue weighted by Crippen LogP contribution is 2.19. The topological polar surface area (TPSA) is 89.3 Å². The first-order chi connectivity index (χ1) is 15.9. The third-order valence-corrected chi connectivity index (χ3v) is 5.46. The number of benzene rings is 3. The molecule has 0 spiro atoms. The van der Waals surface area contributed by atoms with E-state index in [4.69, 9.17) is 0 Å². The zero-order valence-corrected chi connectivity index (χ0v) is 18.7. The minimum Gasteiger partial charge on any atom is -0.345 e. The summed E-state index contributed by atoms with van der Waals surface area (Å²) in [5.74, 6) is -0.288. The second-order valence-corrected chi connectivity index (χ2v) is 7.75. The molecule has 0 saturated carbocycles. The van der Waals surface area contributed by atoms with Gasteiger partial charge in [0, 0.05) is 29.7 Å². The second kappa shape index (κ2) is 11.0. The van der Waals surface area contributed by atoms with E-state index < -0.39 is 4.92 Å². The zero-order chi connectivity index (χ0) is 23.8. The highest BCUT2D eigenvalue weighted by Gasteiger charge is 2.14. The van der Waals surface area contributed by atoms with Gasteiger partial charge < -0.3 is 5.32 Å². The lowest BCUT2D eigenvalue weighted by atomic mass is 10.0. The Morgan fingerprint density at radius 2 is 1.67 bits per heavy atom. The largest absolute Gasteiger partial charge is 0.345 e. The van der Waals surface area contributed by atoms with Crippen molar-refractivity contribution < 1.29 is 14.5 Å². The number of ketones is 1. The number of amides is 1. The molecule has 6 nitrogen and oxygen atoms in total. The van der Waals surface area contributed by atoms with Crippen molar-refractivity contribution in [1.82, 2.24) is 5.32 Å². The van der Waals surface area contributed by atoms with Crippen molar-refractivity contribution in [3.8, 4) is 0 Å². The molecular weight excluding hydrogens is 416 g/mol. The molecule has 33 heavy (non-hydrogen) atoms. The SMILES string of the molecule is CCC(NC(=O)c1ccc(C)c(/C=C\CC(=O)c2ccc([N+](=O)[O-])cc2)c1)c1ccccc1. The standard InChI is InChI=1S/C27H26N2O4/c1-3-25(20-8-5-4-6-9-20)28-27(31)23-13-12-19(2)22(18-23)10-7-11-26(30)21-14-16-24(17-15-21)29(32)33/h4-10,12-18,25H,3,11H2,1-2H3,(H,28,31)/b10-7-. The van der Waals surface area contributed by atoms with Crippen molar-refractivity contribution in [2.75, 3.05) is 0 Å². The number of carbonyl (C=O) groups is 2. The van der Waals surface area contributed by atoms with Crippen molar-refractivity contribution in [3.05, 3.63) is 117 Å². The van der Waals surface area contributed by atoms with E-state index in [1.54, 1.807) is 12.1 Å². The van der Waals surface area contributed by atoms with Crippen LogP contribution in [0.1, 0.15) is 63.2 Å². The normalized spacial score (nSPS) is 11.8. The third kappa shape index (κ3) is 6.23. The molecule has 0 radical (unpaired) electrons. The Hall–Kier alpha value is -4.06. The minimum absolute atomic E-state index is 0.0506. The molecule has 0 aliphatic rings. The second-order valence-electron chi connectivity index (χ2n) is 7.75. The fourth-order valence-electron chi connectivity index (χ4n) is 3.49. The highest BCUT2D eigenvalue weighted by molar-refractivity contribution is 5.98. The van der Waals surface area contributed by atoms with Crippen LogP contribution in [-0.2, 0) is 0 Å². The number of nitrogens with zero attached hydrogens (tertiary/aromatic N) is 1. The van der Waals surface area contributed by atoms with E-state index in [0.29, 0.717) is 11.1 Å². The summed E-state index contributed by atoms with van der Waals surface area (Å²) in [5.41, 5.74) is 3.82. The molecule has 1 atom stereocenters. The van der Waals surface area contributed by atoms with Gasteiger partial charge >= 0.3 is 0 Å². The van der Waals surface area contributed by atoms with Crippen LogP contribution < -0.4 is 5.32 Å². The Morgan fingerprint density at radius 1 is 1.00 bits per heavy atom. The molecule has 0 fully saturated rings. The van der Waals surface area contributed by atoms with Crippen LogP contribution in [0.15, 0.2) is 78.9 Å². The molecule has 0 aliphatic carbocycles. The fraction of sp³-hybridized carbons (Fsp3) is 0.185. The first-order valence-electron chi connectivity index (χ1n) is 10.8. The van der Waals surface area contributed by atoms with Gasteiger partial charge in [-0.3, -0.25) is 19.7 Å². The van der Waals surface area contributed by atoms with Crippen LogP contribution in [0, 0.1) is 17.0 Å². The molecule has 0 heterocycles. The van der Waals surface area contributed by atoms with Crippen LogP contribution in [-0.4, -0.2) is 16.6 Å². The van der Waals surface area contributed by atoms with Gasteiger partial charge in [-0.2, -0.15) is 0 Å². The zero-order valence-electron chi connectivity index (χ0n) is 18.7. The van der Waals surface area contributed by atoms with Gasteiger partial charge in [-0.05, 0) is 54.3 Å². The van der Waals surface area contributed by atoms with Crippen LogP contribution in [0.25, 0.3) is 6.08 Å². The van der Waals surface area contributed by atoms with Gasteiger partial charge in [-0.1, -0.05) is 55.5 Å². The predicted octanol–water partition coefficient (Wildman–Crippen LogP) is 6.07. The molecule has 3 aromatic rings. The average molecular weight is 443 g/mol. The number of rotatable bonds is 9. The maximum Gasteiger partial charge on any atom is 0.269 e. The van der Waals surface area contributed by atoms with E-state index in [0.717, 1.165) is 23.1 Å². The van der Waals surface area contributed by atoms with Crippen LogP contribution >= 0.6 is 0 Å².